The fourth-order valence-electron chi connectivity index (χ4n) is 31.3. The Kier molecular flexibility index (Phi) is 9.12. The van der Waals surface area contributed by atoms with Gasteiger partial charge < -0.3 is 0 Å². The van der Waals surface area contributed by atoms with E-state index in [4.69, 9.17) is 0 Å². The Morgan fingerprint density at radius 2 is 0.606 bits per heavy atom. The number of hydrogen-bond donors (Lipinski definition) is 0. The quantitative estimate of drug-likeness (QED) is 0.275. The Balaban J connectivity index is 1.12. The molecule has 0 radical (unpaired) electrons. The van der Waals surface area contributed by atoms with Crippen molar-refractivity contribution in [2.24, 2.45) is 172 Å². The van der Waals surface area contributed by atoms with Gasteiger partial charge in [-0.2, -0.15) is 0 Å². The molecule has 26 atom stereocenters. The molecule has 12 aliphatic carbocycles. The topological polar surface area (TPSA) is 17.1 Å². The normalized spacial score (nSPS) is 64.8. The van der Waals surface area contributed by atoms with Gasteiger partial charge in [-0.15, -0.1) is 0 Å². The maximum atomic E-state index is 18.8. The Labute approximate surface area is 408 Å². The molecular weight excluding hydrogens is 797 g/mol. The lowest BCUT2D eigenvalue weighted by molar-refractivity contribution is -0.170. The molecule has 0 aromatic carbocycles. The summed E-state index contributed by atoms with van der Waals surface area (Å²) in [6, 6.07) is 0. The van der Waals surface area contributed by atoms with E-state index in [-0.39, 0.29) is 43.3 Å². The van der Waals surface area contributed by atoms with Gasteiger partial charge in [0.25, 0.3) is 0 Å². The second-order valence-corrected chi connectivity index (χ2v) is 33.9. The van der Waals surface area contributed by atoms with Crippen LogP contribution in [0.15, 0.2) is 0 Å². The predicted molar refractivity (Wildman–Crippen MR) is 275 cm³/mol. The van der Waals surface area contributed by atoms with E-state index in [0.29, 0.717) is 69.0 Å². The zero-order valence-corrected chi connectivity index (χ0v) is 47.2. The van der Waals surface area contributed by atoms with Gasteiger partial charge in [0.1, 0.15) is 5.78 Å². The summed E-state index contributed by atoms with van der Waals surface area (Å²) in [5, 5.41) is 0. The lowest BCUT2D eigenvalue weighted by atomic mass is 9.43. The highest BCUT2D eigenvalue weighted by Gasteiger charge is 2.87. The van der Waals surface area contributed by atoms with Crippen LogP contribution in [0.1, 0.15) is 228 Å². The van der Waals surface area contributed by atoms with Gasteiger partial charge >= 0.3 is 0 Å². The average molecular weight is 904 g/mol. The summed E-state index contributed by atoms with van der Waals surface area (Å²) >= 11 is 0. The SMILES string of the molecule is C[C@@H]1CC[C@@]23C[C@@H]1C(C)(C)[C@H]2C(C)(C1[C@@H](C)[C@]24CC[C@@H](C)[C@H](C2)C(C)(C)[C@@H]4C1(C)C(=O)C1(C)C(C2(C)C[C@@H](C)[C@]45CC[C@@H](C)[C@H](C4)C(C)(C)[C@@H]25)[C@@H](C)[C@]24CC[C@@H](C)[C@H](C2)C(C)(C)[C@H]14)C[C@H]3C. The van der Waals surface area contributed by atoms with Gasteiger partial charge in [0, 0.05) is 10.8 Å². The summed E-state index contributed by atoms with van der Waals surface area (Å²) in [5.74, 6) is 13.0. The molecule has 8 bridgehead atoms. The maximum Gasteiger partial charge on any atom is 0.145 e. The van der Waals surface area contributed by atoms with Crippen LogP contribution >= 0.6 is 0 Å². The van der Waals surface area contributed by atoms with Crippen LogP contribution in [0, 0.1) is 172 Å². The van der Waals surface area contributed by atoms with Gasteiger partial charge in [-0.1, -0.05) is 138 Å². The monoisotopic (exact) mass is 903 g/mol. The number of hydrogen-bond acceptors (Lipinski definition) is 1. The second kappa shape index (κ2) is 12.9. The van der Waals surface area contributed by atoms with Crippen molar-refractivity contribution < 1.29 is 4.79 Å². The third-order valence-electron chi connectivity index (χ3n) is 31.0. The van der Waals surface area contributed by atoms with Crippen LogP contribution in [-0.2, 0) is 4.79 Å². The molecule has 1 nitrogen and oxygen atoms in total. The van der Waals surface area contributed by atoms with Crippen LogP contribution in [0.2, 0.25) is 0 Å². The van der Waals surface area contributed by atoms with Gasteiger partial charge in [-0.3, -0.25) is 4.79 Å². The van der Waals surface area contributed by atoms with Gasteiger partial charge in [0.15, 0.2) is 0 Å². The fourth-order valence-corrected chi connectivity index (χ4v) is 31.3. The minimum absolute atomic E-state index is 0.150. The third-order valence-corrected chi connectivity index (χ3v) is 31.0. The number of carbonyl (C=O) groups is 1. The Hall–Kier alpha value is -0.330. The average Bonchev–Trinajstić information content (AvgIpc) is 3.96. The molecule has 0 aliphatic heterocycles. The molecule has 0 aromatic rings. The first kappa shape index (κ1) is 46.7. The summed E-state index contributed by atoms with van der Waals surface area (Å²) in [6.07, 6.45) is 19.6. The van der Waals surface area contributed by atoms with Crippen LogP contribution in [0.3, 0.4) is 0 Å². The molecule has 66 heavy (non-hydrogen) atoms. The van der Waals surface area contributed by atoms with Gasteiger partial charge in [0.05, 0.1) is 0 Å². The fraction of sp³-hybridized carbons (Fsp3) is 0.985. The Morgan fingerprint density at radius 3 is 0.909 bits per heavy atom. The molecule has 0 heterocycles. The van der Waals surface area contributed by atoms with Gasteiger partial charge in [0.2, 0.25) is 0 Å². The smallest absolute Gasteiger partial charge is 0.145 e. The number of ketones is 1. The van der Waals surface area contributed by atoms with E-state index in [1.54, 1.807) is 0 Å². The largest absolute Gasteiger partial charge is 0.298 e. The highest BCUT2D eigenvalue weighted by Crippen LogP contribution is 2.90. The Morgan fingerprint density at radius 1 is 0.348 bits per heavy atom. The maximum absolute atomic E-state index is 18.8. The molecule has 12 fully saturated rings. The summed E-state index contributed by atoms with van der Waals surface area (Å²) in [6.45, 7) is 55.3. The van der Waals surface area contributed by atoms with Crippen LogP contribution in [0.25, 0.3) is 0 Å². The first-order valence-corrected chi connectivity index (χ1v) is 29.9. The van der Waals surface area contributed by atoms with Crippen molar-refractivity contribution in [2.45, 2.75) is 228 Å². The van der Waals surface area contributed by atoms with E-state index in [0.717, 1.165) is 65.0 Å². The first-order valence-electron chi connectivity index (χ1n) is 29.9. The molecule has 4 spiro atoms. The second-order valence-electron chi connectivity index (χ2n) is 33.9. The van der Waals surface area contributed by atoms with Crippen molar-refractivity contribution in [3.05, 3.63) is 0 Å². The summed E-state index contributed by atoms with van der Waals surface area (Å²) in [4.78, 5) is 18.8. The number of rotatable bonds is 4. The summed E-state index contributed by atoms with van der Waals surface area (Å²) in [7, 11) is 0. The highest BCUT2D eigenvalue weighted by atomic mass is 16.1. The molecule has 0 saturated heterocycles. The van der Waals surface area contributed by atoms with Gasteiger partial charge in [-0.05, 0) is 251 Å². The van der Waals surface area contributed by atoms with E-state index in [1.165, 1.54) is 89.9 Å². The number of fused-ring (bicyclic) bond motifs is 4. The van der Waals surface area contributed by atoms with E-state index in [1.807, 2.05) is 0 Å². The van der Waals surface area contributed by atoms with Crippen LogP contribution in [-0.4, -0.2) is 5.78 Å². The van der Waals surface area contributed by atoms with Gasteiger partial charge in [-0.25, -0.2) is 0 Å². The molecule has 0 amide bonds. The van der Waals surface area contributed by atoms with Crippen LogP contribution < -0.4 is 0 Å². The molecule has 0 aromatic heterocycles. The summed E-state index contributed by atoms with van der Waals surface area (Å²) < 4.78 is 0. The van der Waals surface area contributed by atoms with Crippen molar-refractivity contribution in [2.75, 3.05) is 0 Å². The van der Waals surface area contributed by atoms with Crippen molar-refractivity contribution in [3.63, 3.8) is 0 Å². The zero-order valence-electron chi connectivity index (χ0n) is 47.2. The van der Waals surface area contributed by atoms with Crippen LogP contribution in [0.4, 0.5) is 0 Å². The molecule has 0 N–H and O–H groups in total. The molecule has 1 heteroatoms. The molecular formula is C65H106O. The third kappa shape index (κ3) is 4.58. The highest BCUT2D eigenvalue weighted by molar-refractivity contribution is 5.93. The van der Waals surface area contributed by atoms with E-state index < -0.39 is 0 Å². The minimum Gasteiger partial charge on any atom is -0.298 e. The first-order chi connectivity index (χ1) is 30.3. The van der Waals surface area contributed by atoms with Crippen molar-refractivity contribution in [1.29, 1.82) is 0 Å². The van der Waals surface area contributed by atoms with Crippen LogP contribution in [0.5, 0.6) is 0 Å². The standard InChI is InChI=1S/C65H106O/c1-35-21-25-62-31-43(35)54(9,10)49(62)58(17,29-39(62)5)47-41(7)64-27-23-37(3)45(33-64)56(13,14)51(64)60(47,19)53(66)61(20)48(42(8)65-28-24-38(4)46(34-65)57(15,16)52(61)65)59(18)30-40(6)63-26-22-36(2)44(32-63)55(11,12)50(59)63/h35-52H,21-34H2,1-20H3/t35-,36-,37-,38-,39-,40-,41-,42-,43+,44+,45+,46+,47?,48?,49+,50+,51-,52-,58?,59?,60?,61?,62+,63+,64+,65+/m1/s1. The number of carbonyl (C=O) groups excluding carboxylic acids is 1. The summed E-state index contributed by atoms with van der Waals surface area (Å²) in [5.41, 5.74) is 1.91. The minimum atomic E-state index is -0.357. The van der Waals surface area contributed by atoms with Crippen molar-refractivity contribution >= 4 is 5.78 Å². The molecule has 12 aliphatic rings. The number of Topliss-reactive ketones (excluding diaryl/α,β-unsaturated/α-hetero) is 1. The van der Waals surface area contributed by atoms with Crippen molar-refractivity contribution in [1.82, 2.24) is 0 Å². The molecule has 372 valence electrons. The van der Waals surface area contributed by atoms with E-state index in [2.05, 4.69) is 138 Å². The lowest BCUT2D eigenvalue weighted by Gasteiger charge is -2.60. The molecule has 6 unspecified atom stereocenters. The van der Waals surface area contributed by atoms with Crippen molar-refractivity contribution in [3.8, 4) is 0 Å². The molecule has 12 rings (SSSR count). The molecule has 12 saturated carbocycles. The van der Waals surface area contributed by atoms with E-state index >= 15 is 4.79 Å². The lowest BCUT2D eigenvalue weighted by Crippen LogP contribution is -2.61. The van der Waals surface area contributed by atoms with E-state index in [9.17, 15) is 0 Å². The predicted octanol–water partition coefficient (Wildman–Crippen LogP) is 17.5. The Bertz CT molecular complexity index is 1940. The zero-order chi connectivity index (χ0) is 47.9.